The molecule has 4 heteroatoms. The van der Waals surface area contributed by atoms with Crippen LogP contribution in [0.3, 0.4) is 0 Å². The zero-order chi connectivity index (χ0) is 13.6. The van der Waals surface area contributed by atoms with E-state index in [1.54, 1.807) is 6.07 Å². The zero-order valence-corrected chi connectivity index (χ0v) is 11.5. The second-order valence-corrected chi connectivity index (χ2v) is 6.06. The number of rotatable bonds is 5. The first kappa shape index (κ1) is 12.5. The number of hydrogen-bond acceptors (Lipinski definition) is 3. The van der Waals surface area contributed by atoms with Gasteiger partial charge in [-0.05, 0) is 63.0 Å². The van der Waals surface area contributed by atoms with E-state index in [1.807, 2.05) is 19.9 Å². The van der Waals surface area contributed by atoms with Gasteiger partial charge in [-0.3, -0.25) is 10.1 Å². The van der Waals surface area contributed by atoms with Crippen molar-refractivity contribution in [3.05, 3.63) is 33.4 Å². The quantitative estimate of drug-likeness (QED) is 0.647. The Morgan fingerprint density at radius 3 is 2.21 bits per heavy atom. The van der Waals surface area contributed by atoms with Gasteiger partial charge in [0.05, 0.1) is 4.92 Å². The molecule has 19 heavy (non-hydrogen) atoms. The summed E-state index contributed by atoms with van der Waals surface area (Å²) >= 11 is 0. The van der Waals surface area contributed by atoms with E-state index in [9.17, 15) is 10.1 Å². The first-order valence-electron chi connectivity index (χ1n) is 7.08. The molecule has 1 N–H and O–H groups in total. The summed E-state index contributed by atoms with van der Waals surface area (Å²) in [5.74, 6) is 1.64. The highest BCUT2D eigenvalue weighted by molar-refractivity contribution is 5.60. The van der Waals surface area contributed by atoms with E-state index < -0.39 is 0 Å². The largest absolute Gasteiger partial charge is 0.382 e. The van der Waals surface area contributed by atoms with E-state index in [4.69, 9.17) is 0 Å². The number of benzene rings is 1. The average molecular weight is 260 g/mol. The molecule has 0 unspecified atom stereocenters. The summed E-state index contributed by atoms with van der Waals surface area (Å²) in [4.78, 5) is 10.6. The van der Waals surface area contributed by atoms with Crippen LogP contribution in [0.1, 0.15) is 36.8 Å². The van der Waals surface area contributed by atoms with Crippen LogP contribution in [0, 0.1) is 35.8 Å². The number of hydrogen-bond donors (Lipinski definition) is 1. The Labute approximate surface area is 113 Å². The molecule has 1 aromatic rings. The van der Waals surface area contributed by atoms with Gasteiger partial charge in [-0.1, -0.05) is 0 Å². The van der Waals surface area contributed by atoms with Crippen LogP contribution in [0.25, 0.3) is 0 Å². The van der Waals surface area contributed by atoms with E-state index >= 15 is 0 Å². The van der Waals surface area contributed by atoms with E-state index in [0.29, 0.717) is 6.04 Å². The minimum Gasteiger partial charge on any atom is -0.382 e. The van der Waals surface area contributed by atoms with Gasteiger partial charge in [0.2, 0.25) is 0 Å². The molecular formula is C15H20N2O2. The second kappa shape index (κ2) is 4.51. The van der Waals surface area contributed by atoms with Crippen LogP contribution >= 0.6 is 0 Å². The Morgan fingerprint density at radius 1 is 1.16 bits per heavy atom. The molecule has 2 aliphatic rings. The van der Waals surface area contributed by atoms with Gasteiger partial charge in [0.15, 0.2) is 0 Å². The van der Waals surface area contributed by atoms with Gasteiger partial charge in [0, 0.05) is 23.4 Å². The number of anilines is 1. The van der Waals surface area contributed by atoms with Crippen LogP contribution < -0.4 is 5.32 Å². The van der Waals surface area contributed by atoms with Crippen molar-refractivity contribution in [1.82, 2.24) is 0 Å². The Bertz CT molecular complexity index is 507. The van der Waals surface area contributed by atoms with Crippen LogP contribution in [0.15, 0.2) is 12.1 Å². The van der Waals surface area contributed by atoms with Crippen molar-refractivity contribution in [2.45, 2.75) is 45.6 Å². The number of aryl methyl sites for hydroxylation is 2. The van der Waals surface area contributed by atoms with E-state index in [1.165, 1.54) is 25.7 Å². The van der Waals surface area contributed by atoms with Crippen LogP contribution in [0.4, 0.5) is 11.4 Å². The molecule has 0 heterocycles. The van der Waals surface area contributed by atoms with Gasteiger partial charge in [-0.15, -0.1) is 0 Å². The lowest BCUT2D eigenvalue weighted by Gasteiger charge is -2.21. The molecule has 0 aromatic heterocycles. The summed E-state index contributed by atoms with van der Waals surface area (Å²) in [5, 5.41) is 14.6. The maximum absolute atomic E-state index is 10.9. The molecule has 0 atom stereocenters. The third kappa shape index (κ3) is 2.57. The second-order valence-electron chi connectivity index (χ2n) is 6.06. The summed E-state index contributed by atoms with van der Waals surface area (Å²) in [6.45, 7) is 3.76. The lowest BCUT2D eigenvalue weighted by Crippen LogP contribution is -2.24. The molecule has 2 saturated carbocycles. The van der Waals surface area contributed by atoms with Gasteiger partial charge < -0.3 is 5.32 Å². The molecule has 0 amide bonds. The molecule has 0 bridgehead atoms. The molecule has 0 saturated heterocycles. The molecule has 0 radical (unpaired) electrons. The normalized spacial score (nSPS) is 18.7. The molecule has 1 aromatic carbocycles. The highest BCUT2D eigenvalue weighted by Crippen LogP contribution is 2.46. The van der Waals surface area contributed by atoms with Crippen molar-refractivity contribution in [1.29, 1.82) is 0 Å². The zero-order valence-electron chi connectivity index (χ0n) is 11.5. The summed E-state index contributed by atoms with van der Waals surface area (Å²) in [7, 11) is 0. The van der Waals surface area contributed by atoms with E-state index in [-0.39, 0.29) is 10.6 Å². The van der Waals surface area contributed by atoms with Gasteiger partial charge >= 0.3 is 0 Å². The van der Waals surface area contributed by atoms with Crippen molar-refractivity contribution in [3.8, 4) is 0 Å². The summed E-state index contributed by atoms with van der Waals surface area (Å²) in [6.07, 6.45) is 5.33. The van der Waals surface area contributed by atoms with Gasteiger partial charge in [0.25, 0.3) is 5.69 Å². The van der Waals surface area contributed by atoms with Gasteiger partial charge in [-0.25, -0.2) is 0 Å². The molecule has 3 rings (SSSR count). The van der Waals surface area contributed by atoms with Crippen LogP contribution in [0.5, 0.6) is 0 Å². The standard InChI is InChI=1S/C15H20N2O2/c1-9-8-14(17(18)19)10(2)7-13(9)16-15(11-3-4-11)12-5-6-12/h7-8,11-12,15-16H,3-6H2,1-2H3. The predicted octanol–water partition coefficient (Wildman–Crippen LogP) is 3.81. The Hall–Kier alpha value is -1.58. The lowest BCUT2D eigenvalue weighted by atomic mass is 10.0. The average Bonchev–Trinajstić information content (AvgIpc) is 3.22. The van der Waals surface area contributed by atoms with Crippen molar-refractivity contribution < 1.29 is 4.92 Å². The molecule has 0 spiro atoms. The Balaban J connectivity index is 1.83. The molecular weight excluding hydrogens is 240 g/mol. The van der Waals surface area contributed by atoms with Crippen LogP contribution in [-0.4, -0.2) is 11.0 Å². The van der Waals surface area contributed by atoms with E-state index in [0.717, 1.165) is 28.7 Å². The van der Waals surface area contributed by atoms with E-state index in [2.05, 4.69) is 5.32 Å². The first-order valence-corrected chi connectivity index (χ1v) is 7.08. The fourth-order valence-corrected chi connectivity index (χ4v) is 2.86. The monoisotopic (exact) mass is 260 g/mol. The number of nitrogens with one attached hydrogen (secondary N) is 1. The molecule has 0 aliphatic heterocycles. The minimum atomic E-state index is -0.300. The van der Waals surface area contributed by atoms with Crippen molar-refractivity contribution >= 4 is 11.4 Å². The maximum Gasteiger partial charge on any atom is 0.272 e. The summed E-state index contributed by atoms with van der Waals surface area (Å²) in [5.41, 5.74) is 3.01. The lowest BCUT2D eigenvalue weighted by molar-refractivity contribution is -0.385. The highest BCUT2D eigenvalue weighted by atomic mass is 16.6. The van der Waals surface area contributed by atoms with Crippen molar-refractivity contribution in [2.75, 3.05) is 5.32 Å². The maximum atomic E-state index is 10.9. The van der Waals surface area contributed by atoms with Crippen LogP contribution in [-0.2, 0) is 0 Å². The van der Waals surface area contributed by atoms with Crippen molar-refractivity contribution in [2.24, 2.45) is 11.8 Å². The third-order valence-electron chi connectivity index (χ3n) is 4.32. The van der Waals surface area contributed by atoms with Crippen LogP contribution in [0.2, 0.25) is 0 Å². The smallest absolute Gasteiger partial charge is 0.272 e. The number of nitro groups is 1. The topological polar surface area (TPSA) is 55.2 Å². The van der Waals surface area contributed by atoms with Crippen molar-refractivity contribution in [3.63, 3.8) is 0 Å². The fraction of sp³-hybridized carbons (Fsp3) is 0.600. The minimum absolute atomic E-state index is 0.220. The van der Waals surface area contributed by atoms with Gasteiger partial charge in [0.1, 0.15) is 0 Å². The molecule has 2 fully saturated rings. The third-order valence-corrected chi connectivity index (χ3v) is 4.32. The Kier molecular flexibility index (Phi) is 2.96. The summed E-state index contributed by atoms with van der Waals surface area (Å²) in [6, 6.07) is 4.21. The molecule has 2 aliphatic carbocycles. The number of nitro benzene ring substituents is 1. The predicted molar refractivity (Wildman–Crippen MR) is 75.4 cm³/mol. The number of nitrogens with zero attached hydrogens (tertiary/aromatic N) is 1. The Morgan fingerprint density at radius 2 is 1.74 bits per heavy atom. The highest BCUT2D eigenvalue weighted by Gasteiger charge is 2.41. The van der Waals surface area contributed by atoms with Gasteiger partial charge in [-0.2, -0.15) is 0 Å². The molecule has 102 valence electrons. The molecule has 4 nitrogen and oxygen atoms in total. The summed E-state index contributed by atoms with van der Waals surface area (Å²) < 4.78 is 0. The SMILES string of the molecule is Cc1cc([N+](=O)[O-])c(C)cc1NC(C1CC1)C1CC1. The fourth-order valence-electron chi connectivity index (χ4n) is 2.86. The first-order chi connectivity index (χ1) is 9.06.